The maximum absolute atomic E-state index is 12.0. The van der Waals surface area contributed by atoms with E-state index in [1.807, 2.05) is 56.4 Å². The molecule has 0 amide bonds. The third kappa shape index (κ3) is 3.65. The summed E-state index contributed by atoms with van der Waals surface area (Å²) in [5.74, 6) is 0.275. The van der Waals surface area contributed by atoms with Crippen molar-refractivity contribution in [3.63, 3.8) is 0 Å². The van der Waals surface area contributed by atoms with Crippen LogP contribution in [0.3, 0.4) is 0 Å². The summed E-state index contributed by atoms with van der Waals surface area (Å²) in [6.45, 7) is 2.77. The number of nitrogens with zero attached hydrogens (tertiary/aromatic N) is 1. The first-order chi connectivity index (χ1) is 7.54. The lowest BCUT2D eigenvalue weighted by Crippen LogP contribution is -2.25. The molecule has 0 aromatic heterocycles. The Bertz CT molecular complexity index is 345. The Hall–Kier alpha value is -0.800. The lowest BCUT2D eigenvalue weighted by atomic mass is 9.99. The summed E-state index contributed by atoms with van der Waals surface area (Å²) in [6, 6.07) is 7.83. The van der Waals surface area contributed by atoms with Gasteiger partial charge in [-0.15, -0.1) is 11.8 Å². The van der Waals surface area contributed by atoms with Crippen LogP contribution < -0.4 is 0 Å². The summed E-state index contributed by atoms with van der Waals surface area (Å²) in [7, 11) is 3.97. The Labute approximate surface area is 102 Å². The number of Topliss-reactive ketones (excluding diaryl/α,β-unsaturated/α-hetero) is 1. The number of rotatable bonds is 5. The average molecular weight is 237 g/mol. The Morgan fingerprint density at radius 2 is 1.88 bits per heavy atom. The predicted molar refractivity (Wildman–Crippen MR) is 70.3 cm³/mol. The first kappa shape index (κ1) is 13.3. The van der Waals surface area contributed by atoms with E-state index in [9.17, 15) is 4.79 Å². The minimum atomic E-state index is 0.0510. The Kier molecular flexibility index (Phi) is 5.03. The molecule has 88 valence electrons. The number of hydrogen-bond acceptors (Lipinski definition) is 3. The molecule has 16 heavy (non-hydrogen) atoms. The Morgan fingerprint density at radius 3 is 2.31 bits per heavy atom. The summed E-state index contributed by atoms with van der Waals surface area (Å²) in [5, 5.41) is 0. The molecule has 1 rings (SSSR count). The summed E-state index contributed by atoms with van der Waals surface area (Å²) >= 11 is 1.69. The maximum Gasteiger partial charge on any atom is 0.166 e. The number of benzene rings is 1. The normalized spacial score (nSPS) is 12.8. The number of hydrogen-bond donors (Lipinski definition) is 0. The molecule has 0 N–H and O–H groups in total. The molecule has 1 atom stereocenters. The van der Waals surface area contributed by atoms with E-state index < -0.39 is 0 Å². The smallest absolute Gasteiger partial charge is 0.166 e. The average Bonchev–Trinajstić information content (AvgIpc) is 2.27. The van der Waals surface area contributed by atoms with E-state index in [0.717, 1.165) is 12.1 Å². The van der Waals surface area contributed by atoms with Crippen LogP contribution in [-0.2, 0) is 0 Å². The van der Waals surface area contributed by atoms with E-state index in [2.05, 4.69) is 0 Å². The van der Waals surface area contributed by atoms with E-state index in [0.29, 0.717) is 0 Å². The third-order valence-corrected chi connectivity index (χ3v) is 3.20. The molecule has 0 aliphatic carbocycles. The van der Waals surface area contributed by atoms with Crippen molar-refractivity contribution in [3.8, 4) is 0 Å². The minimum absolute atomic E-state index is 0.0510. The summed E-state index contributed by atoms with van der Waals surface area (Å²) in [6.07, 6.45) is 2.03. The van der Waals surface area contributed by atoms with E-state index in [-0.39, 0.29) is 11.7 Å². The highest BCUT2D eigenvalue weighted by atomic mass is 32.2. The molecule has 0 bridgehead atoms. The quantitative estimate of drug-likeness (QED) is 0.580. The maximum atomic E-state index is 12.0. The van der Waals surface area contributed by atoms with Gasteiger partial charge in [-0.25, -0.2) is 0 Å². The van der Waals surface area contributed by atoms with Crippen molar-refractivity contribution >= 4 is 17.5 Å². The highest BCUT2D eigenvalue weighted by Gasteiger charge is 2.15. The molecule has 0 saturated heterocycles. The van der Waals surface area contributed by atoms with E-state index in [1.54, 1.807) is 11.8 Å². The van der Waals surface area contributed by atoms with Gasteiger partial charge < -0.3 is 4.90 Å². The van der Waals surface area contributed by atoms with Crippen LogP contribution >= 0.6 is 11.8 Å². The van der Waals surface area contributed by atoms with Crippen LogP contribution in [0.4, 0.5) is 0 Å². The molecule has 0 aliphatic rings. The van der Waals surface area contributed by atoms with Gasteiger partial charge in [0, 0.05) is 22.9 Å². The molecule has 0 aliphatic heterocycles. The van der Waals surface area contributed by atoms with E-state index >= 15 is 0 Å². The third-order valence-electron chi connectivity index (χ3n) is 2.46. The molecule has 3 heteroatoms. The molecule has 1 unspecified atom stereocenters. The molecular weight excluding hydrogens is 218 g/mol. The van der Waals surface area contributed by atoms with E-state index in [4.69, 9.17) is 0 Å². The van der Waals surface area contributed by atoms with Gasteiger partial charge in [0.15, 0.2) is 5.78 Å². The minimum Gasteiger partial charge on any atom is -0.309 e. The summed E-state index contributed by atoms with van der Waals surface area (Å²) in [5.41, 5.74) is 0.812. The van der Waals surface area contributed by atoms with E-state index in [1.165, 1.54) is 4.90 Å². The summed E-state index contributed by atoms with van der Waals surface area (Å²) < 4.78 is 0. The number of carbonyl (C=O) groups excluding carboxylic acids is 1. The largest absolute Gasteiger partial charge is 0.309 e. The van der Waals surface area contributed by atoms with Crippen LogP contribution in [0.2, 0.25) is 0 Å². The SMILES string of the molecule is CSc1ccc(C(=O)C(C)CN(C)C)cc1. The Morgan fingerprint density at radius 1 is 1.31 bits per heavy atom. The van der Waals surface area contributed by atoms with Gasteiger partial charge in [-0.3, -0.25) is 4.79 Å². The van der Waals surface area contributed by atoms with Crippen molar-refractivity contribution in [1.82, 2.24) is 4.90 Å². The molecule has 2 nitrogen and oxygen atoms in total. The zero-order valence-corrected chi connectivity index (χ0v) is 11.2. The van der Waals surface area contributed by atoms with Crippen LogP contribution in [0.1, 0.15) is 17.3 Å². The van der Waals surface area contributed by atoms with Crippen LogP contribution in [-0.4, -0.2) is 37.6 Å². The molecule has 0 fully saturated rings. The predicted octanol–water partition coefficient (Wildman–Crippen LogP) is 2.79. The molecule has 0 heterocycles. The van der Waals surface area contributed by atoms with Crippen molar-refractivity contribution in [2.45, 2.75) is 11.8 Å². The standard InChI is InChI=1S/C13H19NOS/c1-10(9-14(2)3)13(15)11-5-7-12(16-4)8-6-11/h5-8,10H,9H2,1-4H3. The number of carbonyl (C=O) groups is 1. The first-order valence-electron chi connectivity index (χ1n) is 5.37. The van der Waals surface area contributed by atoms with Gasteiger partial charge in [-0.1, -0.05) is 19.1 Å². The fourth-order valence-corrected chi connectivity index (χ4v) is 2.08. The van der Waals surface area contributed by atoms with Crippen molar-refractivity contribution in [1.29, 1.82) is 0 Å². The second kappa shape index (κ2) is 6.06. The second-order valence-electron chi connectivity index (χ2n) is 4.26. The van der Waals surface area contributed by atoms with Gasteiger partial charge in [-0.2, -0.15) is 0 Å². The van der Waals surface area contributed by atoms with Gasteiger partial charge in [0.1, 0.15) is 0 Å². The van der Waals surface area contributed by atoms with Gasteiger partial charge in [0.2, 0.25) is 0 Å². The molecule has 0 radical (unpaired) electrons. The lowest BCUT2D eigenvalue weighted by Gasteiger charge is -2.15. The highest BCUT2D eigenvalue weighted by molar-refractivity contribution is 7.98. The van der Waals surface area contributed by atoms with Crippen LogP contribution in [0.25, 0.3) is 0 Å². The topological polar surface area (TPSA) is 20.3 Å². The fraction of sp³-hybridized carbons (Fsp3) is 0.462. The second-order valence-corrected chi connectivity index (χ2v) is 5.14. The molecule has 1 aromatic carbocycles. The van der Waals surface area contributed by atoms with Crippen molar-refractivity contribution < 1.29 is 4.79 Å². The first-order valence-corrected chi connectivity index (χ1v) is 6.60. The molecular formula is C13H19NOS. The van der Waals surface area contributed by atoms with Gasteiger partial charge in [0.25, 0.3) is 0 Å². The molecule has 0 spiro atoms. The molecule has 0 saturated carbocycles. The zero-order chi connectivity index (χ0) is 12.1. The van der Waals surface area contributed by atoms with Gasteiger partial charge in [0.05, 0.1) is 0 Å². The summed E-state index contributed by atoms with van der Waals surface area (Å²) in [4.78, 5) is 15.3. The number of thioether (sulfide) groups is 1. The van der Waals surface area contributed by atoms with Crippen LogP contribution in [0.15, 0.2) is 29.2 Å². The van der Waals surface area contributed by atoms with Crippen molar-refractivity contribution in [3.05, 3.63) is 29.8 Å². The lowest BCUT2D eigenvalue weighted by molar-refractivity contribution is 0.0910. The van der Waals surface area contributed by atoms with Crippen molar-refractivity contribution in [2.75, 3.05) is 26.9 Å². The number of ketones is 1. The monoisotopic (exact) mass is 237 g/mol. The fourth-order valence-electron chi connectivity index (χ4n) is 1.67. The Balaban J connectivity index is 2.72. The van der Waals surface area contributed by atoms with Crippen LogP contribution in [0.5, 0.6) is 0 Å². The van der Waals surface area contributed by atoms with Gasteiger partial charge >= 0.3 is 0 Å². The van der Waals surface area contributed by atoms with Gasteiger partial charge in [-0.05, 0) is 32.5 Å². The zero-order valence-electron chi connectivity index (χ0n) is 10.4. The van der Waals surface area contributed by atoms with Crippen LogP contribution in [0, 0.1) is 5.92 Å². The van der Waals surface area contributed by atoms with Crippen molar-refractivity contribution in [2.24, 2.45) is 5.92 Å². The highest BCUT2D eigenvalue weighted by Crippen LogP contribution is 2.17. The molecule has 1 aromatic rings.